The predicted octanol–water partition coefficient (Wildman–Crippen LogP) is 5.68. The summed E-state index contributed by atoms with van der Waals surface area (Å²) in [6.07, 6.45) is 1.53. The molecule has 0 aromatic heterocycles. The number of halogens is 2. The summed E-state index contributed by atoms with van der Waals surface area (Å²) in [6.45, 7) is 5.95. The third kappa shape index (κ3) is 8.54. The number of benzene rings is 2. The van der Waals surface area contributed by atoms with Crippen molar-refractivity contribution in [2.75, 3.05) is 5.75 Å². The molecule has 1 N–H and O–H groups in total. The Hall–Kier alpha value is -2.05. The maximum Gasteiger partial charge on any atom is 0.243 e. The van der Waals surface area contributed by atoms with Gasteiger partial charge in [0.2, 0.25) is 11.8 Å². The Morgan fingerprint density at radius 3 is 2.32 bits per heavy atom. The van der Waals surface area contributed by atoms with E-state index in [4.69, 9.17) is 11.6 Å². The Morgan fingerprint density at radius 1 is 1.10 bits per heavy atom. The molecular weight excluding hydrogens is 435 g/mol. The molecule has 4 nitrogen and oxygen atoms in total. The molecular formula is C24H30ClFN2O2S. The largest absolute Gasteiger partial charge is 0.352 e. The minimum absolute atomic E-state index is 0.0138. The molecule has 0 bridgehead atoms. The topological polar surface area (TPSA) is 49.4 Å². The zero-order valence-corrected chi connectivity index (χ0v) is 19.8. The van der Waals surface area contributed by atoms with Gasteiger partial charge >= 0.3 is 0 Å². The normalized spacial score (nSPS) is 11.9. The van der Waals surface area contributed by atoms with Gasteiger partial charge in [0.25, 0.3) is 0 Å². The Morgan fingerprint density at radius 2 is 1.74 bits per heavy atom. The van der Waals surface area contributed by atoms with E-state index in [2.05, 4.69) is 5.32 Å². The number of hydrogen-bond donors (Lipinski definition) is 1. The highest BCUT2D eigenvalue weighted by atomic mass is 35.5. The van der Waals surface area contributed by atoms with E-state index in [-0.39, 0.29) is 30.2 Å². The summed E-state index contributed by atoms with van der Waals surface area (Å²) in [5.74, 6) is 0.216. The summed E-state index contributed by atoms with van der Waals surface area (Å²) in [5.41, 5.74) is 0.793. The summed E-state index contributed by atoms with van der Waals surface area (Å²) in [4.78, 5) is 28.6. The first-order chi connectivity index (χ1) is 14.8. The quantitative estimate of drug-likeness (QED) is 0.343. The van der Waals surface area contributed by atoms with Crippen LogP contribution in [0.2, 0.25) is 5.02 Å². The monoisotopic (exact) mass is 464 g/mol. The lowest BCUT2D eigenvalue weighted by molar-refractivity contribution is -0.141. The molecule has 168 valence electrons. The van der Waals surface area contributed by atoms with Crippen LogP contribution in [-0.4, -0.2) is 34.6 Å². The standard InChI is InChI=1S/C24H30ClFN2O2S/c1-4-22(24(30)27-17(2)3)28(16-18-7-11-20(26)12-8-18)23(29)6-5-15-31-21-13-9-19(25)10-14-21/h7-14,17,22H,4-6,15-16H2,1-3H3,(H,27,30)/t22-/m0/s1. The van der Waals surface area contributed by atoms with E-state index >= 15 is 0 Å². The fourth-order valence-electron chi connectivity index (χ4n) is 3.17. The number of carbonyl (C=O) groups excluding carboxylic acids is 2. The first kappa shape index (κ1) is 25.2. The highest BCUT2D eigenvalue weighted by Crippen LogP contribution is 2.22. The molecule has 0 aliphatic heterocycles. The number of rotatable bonds is 11. The number of thioether (sulfide) groups is 1. The van der Waals surface area contributed by atoms with Gasteiger partial charge in [-0.3, -0.25) is 9.59 Å². The van der Waals surface area contributed by atoms with Crippen LogP contribution in [0.1, 0.15) is 45.6 Å². The molecule has 0 fully saturated rings. The molecule has 0 aliphatic rings. The van der Waals surface area contributed by atoms with E-state index < -0.39 is 6.04 Å². The second-order valence-corrected chi connectivity index (χ2v) is 9.25. The Bertz CT molecular complexity index is 844. The van der Waals surface area contributed by atoms with Gasteiger partial charge in [-0.15, -0.1) is 11.8 Å². The van der Waals surface area contributed by atoms with Gasteiger partial charge in [0.15, 0.2) is 0 Å². The van der Waals surface area contributed by atoms with Crippen molar-refractivity contribution in [3.05, 3.63) is 64.9 Å². The highest BCUT2D eigenvalue weighted by Gasteiger charge is 2.28. The lowest BCUT2D eigenvalue weighted by atomic mass is 10.1. The second-order valence-electron chi connectivity index (χ2n) is 7.64. The van der Waals surface area contributed by atoms with Gasteiger partial charge in [-0.2, -0.15) is 0 Å². The molecule has 2 aromatic carbocycles. The first-order valence-corrected chi connectivity index (χ1v) is 11.9. The fraction of sp³-hybridized carbons (Fsp3) is 0.417. The van der Waals surface area contributed by atoms with Crippen molar-refractivity contribution in [2.45, 2.75) is 63.6 Å². The van der Waals surface area contributed by atoms with Gasteiger partial charge in [0.1, 0.15) is 11.9 Å². The van der Waals surface area contributed by atoms with Crippen LogP contribution in [-0.2, 0) is 16.1 Å². The molecule has 0 spiro atoms. The SMILES string of the molecule is CC[C@@H](C(=O)NC(C)C)N(Cc1ccc(F)cc1)C(=O)CCCSc1ccc(Cl)cc1. The Kier molecular flexibility index (Phi) is 10.3. The van der Waals surface area contributed by atoms with E-state index in [1.807, 2.05) is 45.0 Å². The summed E-state index contributed by atoms with van der Waals surface area (Å²) in [6, 6.07) is 13.1. The van der Waals surface area contributed by atoms with Gasteiger partial charge in [0.05, 0.1) is 0 Å². The first-order valence-electron chi connectivity index (χ1n) is 10.5. The van der Waals surface area contributed by atoms with Crippen LogP contribution >= 0.6 is 23.4 Å². The van der Waals surface area contributed by atoms with Crippen LogP contribution < -0.4 is 5.32 Å². The van der Waals surface area contributed by atoms with E-state index in [9.17, 15) is 14.0 Å². The molecule has 7 heteroatoms. The number of carbonyl (C=O) groups is 2. The van der Waals surface area contributed by atoms with Gasteiger partial charge in [-0.05, 0) is 74.4 Å². The predicted molar refractivity (Wildman–Crippen MR) is 126 cm³/mol. The van der Waals surface area contributed by atoms with Crippen LogP contribution in [0.25, 0.3) is 0 Å². The van der Waals surface area contributed by atoms with Crippen molar-refractivity contribution < 1.29 is 14.0 Å². The fourth-order valence-corrected chi connectivity index (χ4v) is 4.15. The van der Waals surface area contributed by atoms with E-state index in [1.165, 1.54) is 12.1 Å². The van der Waals surface area contributed by atoms with Crippen molar-refractivity contribution in [3.8, 4) is 0 Å². The zero-order valence-electron chi connectivity index (χ0n) is 18.2. The molecule has 31 heavy (non-hydrogen) atoms. The molecule has 0 heterocycles. The molecule has 1 atom stereocenters. The number of amides is 2. The van der Waals surface area contributed by atoms with Gasteiger partial charge in [-0.25, -0.2) is 4.39 Å². The maximum atomic E-state index is 13.3. The third-order valence-corrected chi connectivity index (χ3v) is 6.05. The highest BCUT2D eigenvalue weighted by molar-refractivity contribution is 7.99. The van der Waals surface area contributed by atoms with Crippen LogP contribution in [0.15, 0.2) is 53.4 Å². The van der Waals surface area contributed by atoms with Gasteiger partial charge in [0, 0.05) is 28.9 Å². The van der Waals surface area contributed by atoms with E-state index in [0.29, 0.717) is 24.3 Å². The summed E-state index contributed by atoms with van der Waals surface area (Å²) in [5, 5.41) is 3.61. The van der Waals surface area contributed by atoms with E-state index in [0.717, 1.165) is 16.2 Å². The summed E-state index contributed by atoms with van der Waals surface area (Å²) in [7, 11) is 0. The molecule has 2 aromatic rings. The van der Waals surface area contributed by atoms with Crippen LogP contribution in [0.3, 0.4) is 0 Å². The molecule has 0 saturated heterocycles. The van der Waals surface area contributed by atoms with Crippen LogP contribution in [0.5, 0.6) is 0 Å². The molecule has 0 unspecified atom stereocenters. The van der Waals surface area contributed by atoms with Crippen molar-refractivity contribution in [3.63, 3.8) is 0 Å². The van der Waals surface area contributed by atoms with E-state index in [1.54, 1.807) is 28.8 Å². The minimum Gasteiger partial charge on any atom is -0.352 e. The summed E-state index contributed by atoms with van der Waals surface area (Å²) >= 11 is 7.58. The molecule has 0 aliphatic carbocycles. The zero-order chi connectivity index (χ0) is 22.8. The van der Waals surface area contributed by atoms with Crippen LogP contribution in [0.4, 0.5) is 4.39 Å². The molecule has 0 saturated carbocycles. The van der Waals surface area contributed by atoms with Gasteiger partial charge in [-0.1, -0.05) is 30.7 Å². The summed E-state index contributed by atoms with van der Waals surface area (Å²) < 4.78 is 13.3. The average Bonchev–Trinajstić information content (AvgIpc) is 2.73. The number of nitrogens with one attached hydrogen (secondary N) is 1. The van der Waals surface area contributed by atoms with Crippen molar-refractivity contribution >= 4 is 35.2 Å². The van der Waals surface area contributed by atoms with Crippen molar-refractivity contribution in [2.24, 2.45) is 0 Å². The van der Waals surface area contributed by atoms with Gasteiger partial charge < -0.3 is 10.2 Å². The lowest BCUT2D eigenvalue weighted by Gasteiger charge is -2.31. The van der Waals surface area contributed by atoms with Crippen molar-refractivity contribution in [1.29, 1.82) is 0 Å². The molecule has 0 radical (unpaired) electrons. The van der Waals surface area contributed by atoms with Crippen molar-refractivity contribution in [1.82, 2.24) is 10.2 Å². The average molecular weight is 465 g/mol. The maximum absolute atomic E-state index is 13.3. The van der Waals surface area contributed by atoms with Crippen LogP contribution in [0, 0.1) is 5.82 Å². The molecule has 2 rings (SSSR count). The molecule has 2 amide bonds. The Balaban J connectivity index is 2.04. The Labute approximate surface area is 193 Å². The second kappa shape index (κ2) is 12.7. The lowest BCUT2D eigenvalue weighted by Crippen LogP contribution is -2.50. The smallest absolute Gasteiger partial charge is 0.243 e. The number of nitrogens with zero attached hydrogens (tertiary/aromatic N) is 1. The minimum atomic E-state index is -0.566. The third-order valence-electron chi connectivity index (χ3n) is 4.70. The number of hydrogen-bond acceptors (Lipinski definition) is 3.